The van der Waals surface area contributed by atoms with Crippen LogP contribution in [0.4, 0.5) is 0 Å². The summed E-state index contributed by atoms with van der Waals surface area (Å²) >= 11 is 0. The monoisotopic (exact) mass is 172 g/mol. The van der Waals surface area contributed by atoms with Crippen molar-refractivity contribution in [1.82, 2.24) is 0 Å². The second kappa shape index (κ2) is 2.71. The predicted octanol–water partition coefficient (Wildman–Crippen LogP) is -0.0367. The molecule has 0 saturated carbocycles. The second-order valence-corrected chi connectivity index (χ2v) is 4.19. The van der Waals surface area contributed by atoms with E-state index in [2.05, 4.69) is 13.8 Å². The molecule has 1 atom stereocenters. The number of carbonyl (C=O) groups is 1. The van der Waals surface area contributed by atoms with E-state index in [4.69, 9.17) is 16.2 Å². The van der Waals surface area contributed by atoms with Gasteiger partial charge in [-0.25, -0.2) is 0 Å². The van der Waals surface area contributed by atoms with Crippen LogP contribution in [0.3, 0.4) is 0 Å². The van der Waals surface area contributed by atoms with Crippen molar-refractivity contribution in [2.75, 3.05) is 6.61 Å². The zero-order chi connectivity index (χ0) is 9.41. The van der Waals surface area contributed by atoms with Crippen LogP contribution in [-0.2, 0) is 9.53 Å². The molecule has 4 nitrogen and oxygen atoms in total. The number of rotatable bonds is 1. The van der Waals surface area contributed by atoms with Crippen LogP contribution in [0.2, 0.25) is 0 Å². The molecule has 70 valence electrons. The van der Waals surface area contributed by atoms with Crippen molar-refractivity contribution in [3.8, 4) is 0 Å². The number of primary amides is 1. The van der Waals surface area contributed by atoms with Crippen molar-refractivity contribution in [3.05, 3.63) is 0 Å². The molecular formula is C8H16N2O2. The third-order valence-electron chi connectivity index (χ3n) is 2.30. The van der Waals surface area contributed by atoms with E-state index in [1.165, 1.54) is 0 Å². The summed E-state index contributed by atoms with van der Waals surface area (Å²) in [6, 6.07) is 0. The highest BCUT2D eigenvalue weighted by atomic mass is 16.5. The molecule has 1 aliphatic heterocycles. The van der Waals surface area contributed by atoms with Crippen molar-refractivity contribution in [1.29, 1.82) is 0 Å². The average molecular weight is 172 g/mol. The zero-order valence-corrected chi connectivity index (χ0v) is 7.59. The van der Waals surface area contributed by atoms with Crippen LogP contribution >= 0.6 is 0 Å². The summed E-state index contributed by atoms with van der Waals surface area (Å²) in [4.78, 5) is 10.9. The first-order valence-electron chi connectivity index (χ1n) is 4.08. The molecular weight excluding hydrogens is 156 g/mol. The van der Waals surface area contributed by atoms with E-state index >= 15 is 0 Å². The van der Waals surface area contributed by atoms with Gasteiger partial charge in [0.05, 0.1) is 6.61 Å². The predicted molar refractivity (Wildman–Crippen MR) is 45.1 cm³/mol. The third-order valence-corrected chi connectivity index (χ3v) is 2.30. The summed E-state index contributed by atoms with van der Waals surface area (Å²) in [5.74, 6) is -0.574. The number of carbonyl (C=O) groups excluding carboxylic acids is 1. The van der Waals surface area contributed by atoms with E-state index in [1.54, 1.807) is 0 Å². The Hall–Kier alpha value is -0.610. The van der Waals surface area contributed by atoms with Gasteiger partial charge in [-0.3, -0.25) is 10.5 Å². The van der Waals surface area contributed by atoms with Crippen LogP contribution < -0.4 is 11.5 Å². The second-order valence-electron chi connectivity index (χ2n) is 4.19. The number of amides is 1. The molecule has 0 aromatic rings. The van der Waals surface area contributed by atoms with Gasteiger partial charge in [-0.1, -0.05) is 13.8 Å². The Labute approximate surface area is 72.2 Å². The summed E-state index contributed by atoms with van der Waals surface area (Å²) in [6.45, 7) is 4.62. The van der Waals surface area contributed by atoms with E-state index in [0.29, 0.717) is 13.0 Å². The highest BCUT2D eigenvalue weighted by Crippen LogP contribution is 2.35. The molecule has 0 aromatic heterocycles. The van der Waals surface area contributed by atoms with Crippen molar-refractivity contribution in [3.63, 3.8) is 0 Å². The van der Waals surface area contributed by atoms with Crippen LogP contribution in [0, 0.1) is 5.41 Å². The van der Waals surface area contributed by atoms with Gasteiger partial charge in [-0.2, -0.15) is 0 Å². The maximum Gasteiger partial charge on any atom is 0.264 e. The molecule has 12 heavy (non-hydrogen) atoms. The first-order valence-corrected chi connectivity index (χ1v) is 4.08. The lowest BCUT2D eigenvalue weighted by Crippen LogP contribution is -2.59. The summed E-state index contributed by atoms with van der Waals surface area (Å²) in [6.07, 6.45) is 1.41. The van der Waals surface area contributed by atoms with Crippen LogP contribution in [0.15, 0.2) is 0 Å². The van der Waals surface area contributed by atoms with Gasteiger partial charge < -0.3 is 10.5 Å². The van der Waals surface area contributed by atoms with Gasteiger partial charge in [0.25, 0.3) is 5.91 Å². The Morgan fingerprint density at radius 3 is 2.42 bits per heavy atom. The van der Waals surface area contributed by atoms with Crippen LogP contribution in [0.25, 0.3) is 0 Å². The summed E-state index contributed by atoms with van der Waals surface area (Å²) in [5, 5.41) is 0. The molecule has 0 aromatic carbocycles. The maximum atomic E-state index is 10.9. The van der Waals surface area contributed by atoms with Crippen molar-refractivity contribution < 1.29 is 9.53 Å². The molecule has 1 aliphatic rings. The van der Waals surface area contributed by atoms with Gasteiger partial charge in [0.2, 0.25) is 0 Å². The molecule has 0 bridgehead atoms. The minimum Gasteiger partial charge on any atom is -0.366 e. The number of hydrogen-bond acceptors (Lipinski definition) is 3. The molecule has 1 fully saturated rings. The molecule has 4 N–H and O–H groups in total. The molecule has 0 radical (unpaired) electrons. The normalized spacial score (nSPS) is 34.6. The molecule has 4 heteroatoms. The van der Waals surface area contributed by atoms with Gasteiger partial charge in [0.15, 0.2) is 5.72 Å². The van der Waals surface area contributed by atoms with E-state index in [1.807, 2.05) is 0 Å². The lowest BCUT2D eigenvalue weighted by molar-refractivity contribution is -0.159. The molecule has 1 heterocycles. The lowest BCUT2D eigenvalue weighted by atomic mass is 9.79. The zero-order valence-electron chi connectivity index (χ0n) is 7.59. The Morgan fingerprint density at radius 2 is 2.08 bits per heavy atom. The Kier molecular flexibility index (Phi) is 2.14. The maximum absolute atomic E-state index is 10.9. The van der Waals surface area contributed by atoms with Gasteiger partial charge in [-0.05, 0) is 11.8 Å². The van der Waals surface area contributed by atoms with Gasteiger partial charge in [0, 0.05) is 6.42 Å². The largest absolute Gasteiger partial charge is 0.366 e. The third kappa shape index (κ3) is 1.76. The topological polar surface area (TPSA) is 78.3 Å². The molecule has 1 saturated heterocycles. The minimum atomic E-state index is -1.25. The first-order chi connectivity index (χ1) is 5.36. The SMILES string of the molecule is CC1(C)CCOC(N)(C(N)=O)C1. The summed E-state index contributed by atoms with van der Waals surface area (Å²) in [5.41, 5.74) is 9.61. The van der Waals surface area contributed by atoms with E-state index in [9.17, 15) is 4.79 Å². The van der Waals surface area contributed by atoms with Crippen molar-refractivity contribution >= 4 is 5.91 Å². The fourth-order valence-corrected chi connectivity index (χ4v) is 1.52. The van der Waals surface area contributed by atoms with Gasteiger partial charge >= 0.3 is 0 Å². The fraction of sp³-hybridized carbons (Fsp3) is 0.875. The fourth-order valence-electron chi connectivity index (χ4n) is 1.52. The lowest BCUT2D eigenvalue weighted by Gasteiger charge is -2.40. The first kappa shape index (κ1) is 9.48. The minimum absolute atomic E-state index is 0.0437. The van der Waals surface area contributed by atoms with Crippen molar-refractivity contribution in [2.24, 2.45) is 16.9 Å². The average Bonchev–Trinajstić information content (AvgIpc) is 1.83. The molecule has 1 amide bonds. The molecule has 0 spiro atoms. The Morgan fingerprint density at radius 1 is 1.50 bits per heavy atom. The Balaban J connectivity index is 2.74. The Bertz CT molecular complexity index is 203. The number of ether oxygens (including phenoxy) is 1. The number of hydrogen-bond donors (Lipinski definition) is 2. The highest BCUT2D eigenvalue weighted by Gasteiger charge is 2.42. The smallest absolute Gasteiger partial charge is 0.264 e. The van der Waals surface area contributed by atoms with E-state index < -0.39 is 11.6 Å². The molecule has 1 unspecified atom stereocenters. The van der Waals surface area contributed by atoms with Crippen LogP contribution in [0.5, 0.6) is 0 Å². The van der Waals surface area contributed by atoms with E-state index in [-0.39, 0.29) is 5.41 Å². The van der Waals surface area contributed by atoms with Gasteiger partial charge in [0.1, 0.15) is 0 Å². The van der Waals surface area contributed by atoms with E-state index in [0.717, 1.165) is 6.42 Å². The van der Waals surface area contributed by atoms with Crippen molar-refractivity contribution in [2.45, 2.75) is 32.4 Å². The van der Waals surface area contributed by atoms with Gasteiger partial charge in [-0.15, -0.1) is 0 Å². The molecule has 1 rings (SSSR count). The standard InChI is InChI=1S/C8H16N2O2/c1-7(2)3-4-12-8(10,5-7)6(9)11/h3-5,10H2,1-2H3,(H2,9,11). The summed E-state index contributed by atoms with van der Waals surface area (Å²) < 4.78 is 5.17. The van der Waals surface area contributed by atoms with Crippen LogP contribution in [-0.4, -0.2) is 18.2 Å². The summed E-state index contributed by atoms with van der Waals surface area (Å²) in [7, 11) is 0. The highest BCUT2D eigenvalue weighted by molar-refractivity contribution is 5.82. The van der Waals surface area contributed by atoms with Crippen LogP contribution in [0.1, 0.15) is 26.7 Å². The quantitative estimate of drug-likeness (QED) is 0.582. The molecule has 0 aliphatic carbocycles. The number of nitrogens with two attached hydrogens (primary N) is 2.